The largest absolute Gasteiger partial charge is 0.338 e. The first-order valence-electron chi connectivity index (χ1n) is 18.5. The fourth-order valence-corrected chi connectivity index (χ4v) is 5.72. The fraction of sp³-hybridized carbons (Fsp3) is 0.641. The first-order chi connectivity index (χ1) is 22.9. The monoisotopic (exact) mass is 651 g/mol. The van der Waals surface area contributed by atoms with Gasteiger partial charge in [0.2, 0.25) is 0 Å². The van der Waals surface area contributed by atoms with Crippen LogP contribution in [0.25, 0.3) is 0 Å². The third-order valence-electron chi connectivity index (χ3n) is 8.57. The Morgan fingerprint density at radius 1 is 0.532 bits per heavy atom. The summed E-state index contributed by atoms with van der Waals surface area (Å²) in [5.74, 6) is 0. The van der Waals surface area contributed by atoms with Gasteiger partial charge >= 0.3 is 12.1 Å². The second-order valence-electron chi connectivity index (χ2n) is 13.2. The summed E-state index contributed by atoms with van der Waals surface area (Å²) in [6.07, 6.45) is 17.9. The van der Waals surface area contributed by atoms with Crippen molar-refractivity contribution in [3.05, 3.63) is 59.7 Å². The maximum atomic E-state index is 12.5. The number of anilines is 2. The Kier molecular flexibility index (Phi) is 22.1. The van der Waals surface area contributed by atoms with Crippen molar-refractivity contribution in [2.24, 2.45) is 0 Å². The molecule has 8 heteroatoms. The lowest BCUT2D eigenvalue weighted by Gasteiger charge is -2.16. The number of rotatable bonds is 26. The van der Waals surface area contributed by atoms with Gasteiger partial charge < -0.3 is 31.1 Å². The van der Waals surface area contributed by atoms with Crippen LogP contribution in [0.4, 0.5) is 21.0 Å². The highest BCUT2D eigenvalue weighted by molar-refractivity contribution is 5.89. The summed E-state index contributed by atoms with van der Waals surface area (Å²) in [6, 6.07) is 15.5. The molecule has 0 aliphatic carbocycles. The Balaban J connectivity index is 1.63. The van der Waals surface area contributed by atoms with E-state index in [1.54, 1.807) is 0 Å². The van der Waals surface area contributed by atoms with Crippen LogP contribution in [0.2, 0.25) is 0 Å². The zero-order valence-corrected chi connectivity index (χ0v) is 30.2. The molecule has 4 N–H and O–H groups in total. The molecule has 8 nitrogen and oxygen atoms in total. The van der Waals surface area contributed by atoms with E-state index in [4.69, 9.17) is 0 Å². The number of amides is 4. The molecule has 2 aromatic rings. The SMILES string of the molecule is CCCCCCCN(C)CCCCNC(=O)Nc1cccc(Cc2cccc(NC(=O)NCCCCN(C)CCCCCCC)c2)c1. The first-order valence-corrected chi connectivity index (χ1v) is 18.5. The summed E-state index contributed by atoms with van der Waals surface area (Å²) >= 11 is 0. The van der Waals surface area contributed by atoms with Crippen LogP contribution in [0, 0.1) is 0 Å². The fourth-order valence-electron chi connectivity index (χ4n) is 5.72. The topological polar surface area (TPSA) is 88.7 Å². The summed E-state index contributed by atoms with van der Waals surface area (Å²) in [6.45, 7) is 10.3. The van der Waals surface area contributed by atoms with Gasteiger partial charge in [0.05, 0.1) is 0 Å². The van der Waals surface area contributed by atoms with E-state index in [2.05, 4.69) is 71.1 Å². The van der Waals surface area contributed by atoms with Gasteiger partial charge in [-0.2, -0.15) is 0 Å². The first kappa shape index (κ1) is 40.1. The van der Waals surface area contributed by atoms with Crippen LogP contribution in [-0.4, -0.2) is 75.2 Å². The van der Waals surface area contributed by atoms with Gasteiger partial charge in [0.15, 0.2) is 0 Å². The molecule has 0 bridgehead atoms. The minimum atomic E-state index is -0.173. The van der Waals surface area contributed by atoms with Crippen LogP contribution in [0.3, 0.4) is 0 Å². The lowest BCUT2D eigenvalue weighted by Crippen LogP contribution is -2.30. The molecule has 0 aliphatic rings. The zero-order valence-electron chi connectivity index (χ0n) is 30.2. The van der Waals surface area contributed by atoms with Crippen molar-refractivity contribution in [3.8, 4) is 0 Å². The van der Waals surface area contributed by atoms with Crippen LogP contribution in [-0.2, 0) is 6.42 Å². The van der Waals surface area contributed by atoms with E-state index in [0.717, 1.165) is 74.4 Å². The molecule has 0 spiro atoms. The van der Waals surface area contributed by atoms with Crippen LogP contribution < -0.4 is 21.3 Å². The number of hydrogen-bond acceptors (Lipinski definition) is 4. The van der Waals surface area contributed by atoms with Crippen LogP contribution >= 0.6 is 0 Å². The van der Waals surface area contributed by atoms with Crippen LogP contribution in [0.5, 0.6) is 0 Å². The Bertz CT molecular complexity index is 1020. The number of urea groups is 2. The molecule has 0 unspecified atom stereocenters. The summed E-state index contributed by atoms with van der Waals surface area (Å²) < 4.78 is 0. The number of benzene rings is 2. The molecule has 47 heavy (non-hydrogen) atoms. The lowest BCUT2D eigenvalue weighted by atomic mass is 10.0. The molecule has 0 saturated heterocycles. The van der Waals surface area contributed by atoms with Gasteiger partial charge in [-0.15, -0.1) is 0 Å². The molecule has 0 fully saturated rings. The van der Waals surface area contributed by atoms with E-state index in [9.17, 15) is 9.59 Å². The number of carbonyl (C=O) groups is 2. The van der Waals surface area contributed by atoms with Gasteiger partial charge in [-0.1, -0.05) is 89.5 Å². The third kappa shape index (κ3) is 20.7. The smallest absolute Gasteiger partial charge is 0.319 e. The average Bonchev–Trinajstić information content (AvgIpc) is 3.04. The Labute approximate surface area is 286 Å². The van der Waals surface area contributed by atoms with Crippen LogP contribution in [0.1, 0.15) is 115 Å². The van der Waals surface area contributed by atoms with E-state index in [0.29, 0.717) is 19.5 Å². The Hall–Kier alpha value is -3.10. The highest BCUT2D eigenvalue weighted by Crippen LogP contribution is 2.18. The number of unbranched alkanes of at least 4 members (excludes halogenated alkanes) is 10. The number of nitrogens with zero attached hydrogens (tertiary/aromatic N) is 2. The summed E-state index contributed by atoms with van der Waals surface area (Å²) in [5, 5.41) is 11.9. The predicted octanol–water partition coefficient (Wildman–Crippen LogP) is 8.89. The predicted molar refractivity (Wildman–Crippen MR) is 201 cm³/mol. The van der Waals surface area contributed by atoms with E-state index < -0.39 is 0 Å². The van der Waals surface area contributed by atoms with Gasteiger partial charge in [-0.25, -0.2) is 9.59 Å². The number of hydrogen-bond donors (Lipinski definition) is 4. The van der Waals surface area contributed by atoms with Gasteiger partial charge in [0, 0.05) is 24.5 Å². The summed E-state index contributed by atoms with van der Waals surface area (Å²) in [5.41, 5.74) is 3.73. The minimum absolute atomic E-state index is 0.173. The number of carbonyl (C=O) groups excluding carboxylic acids is 2. The molecule has 0 atom stereocenters. The molecule has 0 aromatic heterocycles. The lowest BCUT2D eigenvalue weighted by molar-refractivity contribution is 0.250. The summed E-state index contributed by atoms with van der Waals surface area (Å²) in [4.78, 5) is 29.8. The molecule has 264 valence electrons. The average molecular weight is 651 g/mol. The normalized spacial score (nSPS) is 11.2. The van der Waals surface area contributed by atoms with Crippen LogP contribution in [0.15, 0.2) is 48.5 Å². The van der Waals surface area contributed by atoms with Gasteiger partial charge in [-0.3, -0.25) is 0 Å². The van der Waals surface area contributed by atoms with Gasteiger partial charge in [-0.05, 0) is 121 Å². The Morgan fingerprint density at radius 3 is 1.32 bits per heavy atom. The molecular formula is C39H66N6O2. The zero-order chi connectivity index (χ0) is 34.0. The van der Waals surface area contributed by atoms with E-state index in [1.165, 1.54) is 64.2 Å². The van der Waals surface area contributed by atoms with Gasteiger partial charge in [0.25, 0.3) is 0 Å². The highest BCUT2D eigenvalue weighted by atomic mass is 16.2. The molecular weight excluding hydrogens is 584 g/mol. The van der Waals surface area contributed by atoms with Gasteiger partial charge in [0.1, 0.15) is 0 Å². The van der Waals surface area contributed by atoms with E-state index in [-0.39, 0.29) is 12.1 Å². The van der Waals surface area contributed by atoms with Crippen molar-refractivity contribution in [2.45, 2.75) is 110 Å². The van der Waals surface area contributed by atoms with Crippen molar-refractivity contribution >= 4 is 23.4 Å². The van der Waals surface area contributed by atoms with E-state index in [1.807, 2.05) is 36.4 Å². The second-order valence-corrected chi connectivity index (χ2v) is 13.2. The molecule has 0 heterocycles. The third-order valence-corrected chi connectivity index (χ3v) is 8.57. The quantitative estimate of drug-likeness (QED) is 0.0766. The second kappa shape index (κ2) is 25.9. The minimum Gasteiger partial charge on any atom is -0.338 e. The maximum Gasteiger partial charge on any atom is 0.319 e. The van der Waals surface area contributed by atoms with Crippen molar-refractivity contribution in [1.29, 1.82) is 0 Å². The van der Waals surface area contributed by atoms with E-state index >= 15 is 0 Å². The summed E-state index contributed by atoms with van der Waals surface area (Å²) in [7, 11) is 4.38. The molecule has 0 radical (unpaired) electrons. The molecule has 2 rings (SSSR count). The van der Waals surface area contributed by atoms with Crippen molar-refractivity contribution in [3.63, 3.8) is 0 Å². The molecule has 2 aromatic carbocycles. The van der Waals surface area contributed by atoms with Crippen molar-refractivity contribution in [2.75, 3.05) is 64.0 Å². The van der Waals surface area contributed by atoms with Crippen molar-refractivity contribution < 1.29 is 9.59 Å². The Morgan fingerprint density at radius 2 is 0.915 bits per heavy atom. The highest BCUT2D eigenvalue weighted by Gasteiger charge is 2.06. The standard InChI is InChI=1S/C39H66N6O2/c1-5-7-9-11-15-27-44(3)29-17-13-25-40-38(46)42-36-23-19-21-34(32-36)31-35-22-20-24-37(33-35)43-39(47)41-26-14-18-30-45(4)28-16-12-10-8-6-2/h19-24,32-33H,5-18,25-31H2,1-4H3,(H2,40,42,46)(H2,41,43,47). The molecule has 0 saturated carbocycles. The van der Waals surface area contributed by atoms with Crippen molar-refractivity contribution in [1.82, 2.24) is 20.4 Å². The molecule has 0 aliphatic heterocycles. The maximum absolute atomic E-state index is 12.5. The number of nitrogens with one attached hydrogen (secondary N) is 4. The molecule has 4 amide bonds.